The third-order valence-corrected chi connectivity index (χ3v) is 6.90. The van der Waals surface area contributed by atoms with Crippen LogP contribution >= 0.6 is 22.9 Å². The second kappa shape index (κ2) is 10.8. The van der Waals surface area contributed by atoms with Crippen molar-refractivity contribution in [3.8, 4) is 5.75 Å². The predicted octanol–water partition coefficient (Wildman–Crippen LogP) is 5.37. The number of amides is 2. The second-order valence-corrected chi connectivity index (χ2v) is 9.34. The highest BCUT2D eigenvalue weighted by Gasteiger charge is 2.33. The minimum absolute atomic E-state index is 0.0934. The third-order valence-electron chi connectivity index (χ3n) is 5.67. The molecule has 176 valence electrons. The number of halogens is 2. The Kier molecular flexibility index (Phi) is 7.65. The number of fused-ring (bicyclic) bond motifs is 1. The lowest BCUT2D eigenvalue weighted by Gasteiger charge is -2.37. The molecule has 1 aliphatic heterocycles. The first kappa shape index (κ1) is 24.0. The number of ether oxygens (including phenoxy) is 1. The summed E-state index contributed by atoms with van der Waals surface area (Å²) in [6.45, 7) is 4.62. The molecule has 0 N–H and O–H groups in total. The van der Waals surface area contributed by atoms with Crippen molar-refractivity contribution in [3.63, 3.8) is 0 Å². The maximum Gasteiger partial charge on any atom is 0.254 e. The van der Waals surface area contributed by atoms with Crippen LogP contribution in [-0.4, -0.2) is 47.9 Å². The first-order valence-electron chi connectivity index (χ1n) is 10.9. The molecule has 8 heteroatoms. The van der Waals surface area contributed by atoms with Crippen molar-refractivity contribution in [2.45, 2.75) is 12.5 Å². The van der Waals surface area contributed by atoms with Gasteiger partial charge in [-0.2, -0.15) is 0 Å². The highest BCUT2D eigenvalue weighted by Crippen LogP contribution is 2.34. The van der Waals surface area contributed by atoms with Gasteiger partial charge < -0.3 is 14.5 Å². The highest BCUT2D eigenvalue weighted by molar-refractivity contribution is 7.10. The van der Waals surface area contributed by atoms with Gasteiger partial charge in [0.1, 0.15) is 24.7 Å². The molecule has 0 saturated heterocycles. The van der Waals surface area contributed by atoms with Gasteiger partial charge in [-0.3, -0.25) is 9.59 Å². The van der Waals surface area contributed by atoms with Crippen LogP contribution in [0.5, 0.6) is 5.75 Å². The molecular formula is C26H24ClFN2O3S. The van der Waals surface area contributed by atoms with Gasteiger partial charge in [-0.25, -0.2) is 4.39 Å². The van der Waals surface area contributed by atoms with Crippen molar-refractivity contribution in [3.05, 3.63) is 99.5 Å². The molecule has 2 amide bonds. The summed E-state index contributed by atoms with van der Waals surface area (Å²) in [7, 11) is 0. The van der Waals surface area contributed by atoms with Crippen LogP contribution in [0.15, 0.2) is 72.6 Å². The molecule has 1 aromatic heterocycles. The summed E-state index contributed by atoms with van der Waals surface area (Å²) >= 11 is 7.71. The van der Waals surface area contributed by atoms with Crippen LogP contribution in [0, 0.1) is 5.82 Å². The van der Waals surface area contributed by atoms with E-state index in [0.717, 1.165) is 12.0 Å². The maximum atomic E-state index is 13.5. The van der Waals surface area contributed by atoms with Gasteiger partial charge >= 0.3 is 0 Å². The van der Waals surface area contributed by atoms with Crippen LogP contribution in [0.4, 0.5) is 4.39 Å². The molecule has 0 bridgehead atoms. The first-order valence-corrected chi connectivity index (χ1v) is 12.1. The zero-order valence-corrected chi connectivity index (χ0v) is 20.0. The van der Waals surface area contributed by atoms with E-state index in [9.17, 15) is 14.0 Å². The Morgan fingerprint density at radius 2 is 2.03 bits per heavy atom. The van der Waals surface area contributed by atoms with Crippen LogP contribution < -0.4 is 4.74 Å². The normalized spacial score (nSPS) is 14.9. The number of benzene rings is 2. The number of nitrogens with zero attached hydrogens (tertiary/aromatic N) is 2. The molecule has 5 nitrogen and oxygen atoms in total. The van der Waals surface area contributed by atoms with E-state index < -0.39 is 0 Å². The molecule has 3 aromatic rings. The number of carbonyl (C=O) groups excluding carboxylic acids is 2. The van der Waals surface area contributed by atoms with E-state index >= 15 is 0 Å². The molecule has 0 unspecified atom stereocenters. The topological polar surface area (TPSA) is 49.9 Å². The van der Waals surface area contributed by atoms with Gasteiger partial charge in [0, 0.05) is 28.6 Å². The molecule has 1 aliphatic rings. The van der Waals surface area contributed by atoms with E-state index in [1.807, 2.05) is 11.4 Å². The molecule has 0 aliphatic carbocycles. The number of hydrogen-bond acceptors (Lipinski definition) is 4. The summed E-state index contributed by atoms with van der Waals surface area (Å²) in [5.74, 6) is -0.279. The Morgan fingerprint density at radius 1 is 1.24 bits per heavy atom. The van der Waals surface area contributed by atoms with Gasteiger partial charge in [0.2, 0.25) is 5.91 Å². The van der Waals surface area contributed by atoms with Crippen LogP contribution in [0.1, 0.15) is 26.8 Å². The molecule has 0 saturated carbocycles. The number of carbonyl (C=O) groups is 2. The lowest BCUT2D eigenvalue weighted by molar-refractivity contribution is -0.135. The summed E-state index contributed by atoms with van der Waals surface area (Å²) in [5, 5.41) is 2.46. The summed E-state index contributed by atoms with van der Waals surface area (Å²) in [4.78, 5) is 31.0. The zero-order valence-electron chi connectivity index (χ0n) is 18.5. The van der Waals surface area contributed by atoms with Crippen molar-refractivity contribution in [2.75, 3.05) is 26.2 Å². The van der Waals surface area contributed by atoms with E-state index in [-0.39, 0.29) is 43.4 Å². The van der Waals surface area contributed by atoms with Gasteiger partial charge in [0.05, 0.1) is 6.04 Å². The lowest BCUT2D eigenvalue weighted by atomic mass is 10.0. The SMILES string of the molecule is C=CCN(CC(=O)N1CCc2sccc2[C@H]1COc1ccc(F)cc1)C(=O)c1cccc(Cl)c1. The molecule has 2 aromatic carbocycles. The lowest BCUT2D eigenvalue weighted by Crippen LogP contribution is -2.47. The smallest absolute Gasteiger partial charge is 0.254 e. The van der Waals surface area contributed by atoms with Crippen molar-refractivity contribution in [1.29, 1.82) is 0 Å². The van der Waals surface area contributed by atoms with Gasteiger partial charge in [-0.15, -0.1) is 17.9 Å². The van der Waals surface area contributed by atoms with Gasteiger partial charge in [0.15, 0.2) is 0 Å². The number of rotatable bonds is 8. The van der Waals surface area contributed by atoms with Gasteiger partial charge in [0.25, 0.3) is 5.91 Å². The van der Waals surface area contributed by atoms with Gasteiger partial charge in [-0.05, 0) is 65.9 Å². The minimum Gasteiger partial charge on any atom is -0.491 e. The fourth-order valence-electron chi connectivity index (χ4n) is 4.01. The quantitative estimate of drug-likeness (QED) is 0.392. The Hall–Kier alpha value is -3.16. The highest BCUT2D eigenvalue weighted by atomic mass is 35.5. The van der Waals surface area contributed by atoms with Gasteiger partial charge in [-0.1, -0.05) is 23.7 Å². The summed E-state index contributed by atoms with van der Waals surface area (Å²) in [6.07, 6.45) is 2.34. The monoisotopic (exact) mass is 498 g/mol. The molecule has 4 rings (SSSR count). The third kappa shape index (κ3) is 5.48. The Morgan fingerprint density at radius 3 is 2.76 bits per heavy atom. The van der Waals surface area contributed by atoms with Crippen molar-refractivity contribution in [2.24, 2.45) is 0 Å². The van der Waals surface area contributed by atoms with Crippen LogP contribution in [0.25, 0.3) is 0 Å². The van der Waals surface area contributed by atoms with Crippen LogP contribution in [-0.2, 0) is 11.2 Å². The van der Waals surface area contributed by atoms with Crippen molar-refractivity contribution in [1.82, 2.24) is 9.80 Å². The van der Waals surface area contributed by atoms with E-state index in [1.54, 1.807) is 58.7 Å². The fourth-order valence-corrected chi connectivity index (χ4v) is 5.13. The summed E-state index contributed by atoms with van der Waals surface area (Å²) < 4.78 is 19.2. The maximum absolute atomic E-state index is 13.5. The average Bonchev–Trinajstić information content (AvgIpc) is 3.32. The molecule has 0 fully saturated rings. The largest absolute Gasteiger partial charge is 0.491 e. The molecule has 34 heavy (non-hydrogen) atoms. The molecule has 1 atom stereocenters. The van der Waals surface area contributed by atoms with E-state index in [1.165, 1.54) is 21.9 Å². The average molecular weight is 499 g/mol. The molecular weight excluding hydrogens is 475 g/mol. The van der Waals surface area contributed by atoms with Crippen LogP contribution in [0.2, 0.25) is 5.02 Å². The second-order valence-electron chi connectivity index (χ2n) is 7.90. The summed E-state index contributed by atoms with van der Waals surface area (Å²) in [5.41, 5.74) is 1.46. The van der Waals surface area contributed by atoms with Crippen molar-refractivity contribution < 1.29 is 18.7 Å². The first-order chi connectivity index (χ1) is 16.5. The molecule has 2 heterocycles. The number of hydrogen-bond donors (Lipinski definition) is 0. The van der Waals surface area contributed by atoms with Crippen LogP contribution in [0.3, 0.4) is 0 Å². The minimum atomic E-state index is -0.339. The summed E-state index contributed by atoms with van der Waals surface area (Å²) in [6, 6.07) is 14.2. The van der Waals surface area contributed by atoms with E-state index in [4.69, 9.17) is 16.3 Å². The number of thiophene rings is 1. The standard InChI is InChI=1S/C26H24ClFN2O3S/c1-2-12-29(26(32)18-4-3-5-19(27)15-18)16-25(31)30-13-10-24-22(11-14-34-24)23(30)17-33-21-8-6-20(28)7-9-21/h2-9,11,14-15,23H,1,10,12-13,16-17H2/t23-/m1/s1. The Balaban J connectivity index is 1.52. The Bertz CT molecular complexity index is 1180. The molecule has 0 spiro atoms. The van der Waals surface area contributed by atoms with E-state index in [0.29, 0.717) is 22.9 Å². The zero-order chi connectivity index (χ0) is 24.1. The predicted molar refractivity (Wildman–Crippen MR) is 132 cm³/mol. The van der Waals surface area contributed by atoms with E-state index in [2.05, 4.69) is 6.58 Å². The molecule has 0 radical (unpaired) electrons. The van der Waals surface area contributed by atoms with Crippen molar-refractivity contribution >= 4 is 34.8 Å². The fraction of sp³-hybridized carbons (Fsp3) is 0.231. The Labute approximate surface area is 207 Å².